The molecule has 0 bridgehead atoms. The van der Waals surface area contributed by atoms with Crippen molar-refractivity contribution in [3.05, 3.63) is 46.9 Å². The summed E-state index contributed by atoms with van der Waals surface area (Å²) in [5, 5.41) is 0. The highest BCUT2D eigenvalue weighted by Gasteiger charge is 2.30. The van der Waals surface area contributed by atoms with Gasteiger partial charge in [-0.2, -0.15) is 4.31 Å². The SMILES string of the molecule is CCOC(=O)CCN(Cc1ccco1)S(=O)(=O)c1c(C)cc(OC)c(C)c1C. The Morgan fingerprint density at radius 3 is 2.50 bits per heavy atom. The van der Waals surface area contributed by atoms with Gasteiger partial charge in [0.2, 0.25) is 10.0 Å². The Morgan fingerprint density at radius 1 is 1.21 bits per heavy atom. The summed E-state index contributed by atoms with van der Waals surface area (Å²) in [6.07, 6.45) is 1.44. The molecule has 0 N–H and O–H groups in total. The number of aryl methyl sites for hydroxylation is 1. The molecule has 0 aliphatic rings. The first-order chi connectivity index (χ1) is 13.2. The molecular formula is C20H27NO6S. The first-order valence-corrected chi connectivity index (χ1v) is 10.5. The summed E-state index contributed by atoms with van der Waals surface area (Å²) in [5.74, 6) is 0.688. The van der Waals surface area contributed by atoms with Crippen LogP contribution in [-0.2, 0) is 26.1 Å². The second-order valence-electron chi connectivity index (χ2n) is 6.45. The minimum absolute atomic E-state index is 0.00811. The topological polar surface area (TPSA) is 86.0 Å². The quantitative estimate of drug-likeness (QED) is 0.590. The maximum atomic E-state index is 13.5. The predicted octanol–water partition coefficient (Wildman–Crippen LogP) is 3.36. The first kappa shape index (κ1) is 22.0. The van der Waals surface area contributed by atoms with E-state index < -0.39 is 16.0 Å². The van der Waals surface area contributed by atoms with Gasteiger partial charge in [-0.25, -0.2) is 8.42 Å². The van der Waals surface area contributed by atoms with Crippen molar-refractivity contribution in [3.8, 4) is 5.75 Å². The van der Waals surface area contributed by atoms with Crippen LogP contribution in [0.15, 0.2) is 33.8 Å². The van der Waals surface area contributed by atoms with Crippen molar-refractivity contribution in [2.24, 2.45) is 0 Å². The molecule has 7 nitrogen and oxygen atoms in total. The highest BCUT2D eigenvalue weighted by molar-refractivity contribution is 7.89. The van der Waals surface area contributed by atoms with Crippen molar-refractivity contribution in [1.82, 2.24) is 4.31 Å². The van der Waals surface area contributed by atoms with Gasteiger partial charge in [0.25, 0.3) is 0 Å². The molecule has 8 heteroatoms. The van der Waals surface area contributed by atoms with E-state index in [2.05, 4.69) is 0 Å². The van der Waals surface area contributed by atoms with Gasteiger partial charge < -0.3 is 13.9 Å². The minimum atomic E-state index is -3.89. The van der Waals surface area contributed by atoms with Crippen molar-refractivity contribution < 1.29 is 27.1 Å². The highest BCUT2D eigenvalue weighted by Crippen LogP contribution is 2.33. The second-order valence-corrected chi connectivity index (χ2v) is 8.32. The second kappa shape index (κ2) is 9.25. The Hall–Kier alpha value is -2.32. The van der Waals surface area contributed by atoms with Gasteiger partial charge in [-0.05, 0) is 62.6 Å². The molecule has 2 rings (SSSR count). The lowest BCUT2D eigenvalue weighted by atomic mass is 10.1. The summed E-state index contributed by atoms with van der Waals surface area (Å²) in [6, 6.07) is 5.11. The molecule has 0 aliphatic heterocycles. The van der Waals surface area contributed by atoms with E-state index in [-0.39, 0.29) is 31.0 Å². The number of hydrogen-bond acceptors (Lipinski definition) is 6. The normalized spacial score (nSPS) is 11.6. The van der Waals surface area contributed by atoms with Crippen molar-refractivity contribution in [3.63, 3.8) is 0 Å². The number of carbonyl (C=O) groups excluding carboxylic acids is 1. The van der Waals surface area contributed by atoms with Crippen LogP contribution in [0.2, 0.25) is 0 Å². The van der Waals surface area contributed by atoms with Gasteiger partial charge in [0.15, 0.2) is 0 Å². The van der Waals surface area contributed by atoms with Crippen LogP contribution in [0.3, 0.4) is 0 Å². The third-order valence-electron chi connectivity index (χ3n) is 4.58. The molecule has 0 unspecified atom stereocenters. The van der Waals surface area contributed by atoms with Crippen molar-refractivity contribution in [2.75, 3.05) is 20.3 Å². The number of sulfonamides is 1. The summed E-state index contributed by atoms with van der Waals surface area (Å²) in [7, 11) is -2.33. The standard InChI is InChI=1S/C20H27NO6S/c1-6-26-19(22)9-10-21(13-17-8-7-11-27-17)28(23,24)20-14(2)12-18(25-5)15(3)16(20)4/h7-8,11-12H,6,9-10,13H2,1-5H3. The molecule has 1 aromatic heterocycles. The number of benzene rings is 1. The zero-order valence-corrected chi connectivity index (χ0v) is 17.8. The number of furan rings is 1. The Bertz CT molecular complexity index is 919. The Balaban J connectivity index is 2.45. The molecule has 1 aromatic carbocycles. The summed E-state index contributed by atoms with van der Waals surface area (Å²) in [5.41, 5.74) is 1.97. The maximum absolute atomic E-state index is 13.5. The molecule has 0 saturated carbocycles. The van der Waals surface area contributed by atoms with Gasteiger partial charge >= 0.3 is 5.97 Å². The lowest BCUT2D eigenvalue weighted by Gasteiger charge is -2.24. The molecular weight excluding hydrogens is 382 g/mol. The van der Waals surface area contributed by atoms with Gasteiger partial charge in [-0.3, -0.25) is 4.79 Å². The minimum Gasteiger partial charge on any atom is -0.496 e. The molecule has 154 valence electrons. The molecule has 1 heterocycles. The largest absolute Gasteiger partial charge is 0.496 e. The fourth-order valence-electron chi connectivity index (χ4n) is 3.07. The van der Waals surface area contributed by atoms with Crippen LogP contribution in [0.1, 0.15) is 35.8 Å². The van der Waals surface area contributed by atoms with Crippen LogP contribution >= 0.6 is 0 Å². The lowest BCUT2D eigenvalue weighted by molar-refractivity contribution is -0.143. The fourth-order valence-corrected chi connectivity index (χ4v) is 4.96. The number of ether oxygens (including phenoxy) is 2. The van der Waals surface area contributed by atoms with Gasteiger partial charge in [-0.15, -0.1) is 0 Å². The molecule has 0 fully saturated rings. The van der Waals surface area contributed by atoms with E-state index in [1.54, 1.807) is 46.1 Å². The highest BCUT2D eigenvalue weighted by atomic mass is 32.2. The van der Waals surface area contributed by atoms with Gasteiger partial charge in [0.1, 0.15) is 11.5 Å². The van der Waals surface area contributed by atoms with E-state index in [1.165, 1.54) is 10.6 Å². The van der Waals surface area contributed by atoms with Crippen LogP contribution < -0.4 is 4.74 Å². The lowest BCUT2D eigenvalue weighted by Crippen LogP contribution is -2.34. The van der Waals surface area contributed by atoms with Gasteiger partial charge in [-0.1, -0.05) is 0 Å². The number of rotatable bonds is 9. The monoisotopic (exact) mass is 409 g/mol. The number of methoxy groups -OCH3 is 1. The molecule has 0 saturated heterocycles. The summed E-state index contributed by atoms with van der Waals surface area (Å²) in [6.45, 7) is 7.29. The average Bonchev–Trinajstić information content (AvgIpc) is 3.14. The van der Waals surface area contributed by atoms with Crippen LogP contribution in [0.4, 0.5) is 0 Å². The molecule has 28 heavy (non-hydrogen) atoms. The molecule has 0 atom stereocenters. The van der Waals surface area contributed by atoms with Crippen LogP contribution in [-0.4, -0.2) is 39.0 Å². The number of carbonyl (C=O) groups is 1. The molecule has 2 aromatic rings. The number of hydrogen-bond donors (Lipinski definition) is 0. The van der Waals surface area contributed by atoms with Crippen LogP contribution in [0, 0.1) is 20.8 Å². The van der Waals surface area contributed by atoms with E-state index in [0.717, 1.165) is 5.56 Å². The molecule has 0 amide bonds. The predicted molar refractivity (Wildman–Crippen MR) is 105 cm³/mol. The summed E-state index contributed by atoms with van der Waals surface area (Å²) in [4.78, 5) is 12.0. The fraction of sp³-hybridized carbons (Fsp3) is 0.450. The number of nitrogens with zero attached hydrogens (tertiary/aromatic N) is 1. The van der Waals surface area contributed by atoms with Crippen molar-refractivity contribution in [2.45, 2.75) is 45.6 Å². The summed E-state index contributed by atoms with van der Waals surface area (Å²) >= 11 is 0. The molecule has 0 aliphatic carbocycles. The molecule has 0 spiro atoms. The maximum Gasteiger partial charge on any atom is 0.307 e. The van der Waals surface area contributed by atoms with E-state index in [0.29, 0.717) is 22.6 Å². The van der Waals surface area contributed by atoms with Crippen LogP contribution in [0.5, 0.6) is 5.75 Å². The zero-order chi connectivity index (χ0) is 20.9. The Labute approximate surface area is 166 Å². The Morgan fingerprint density at radius 2 is 1.93 bits per heavy atom. The van der Waals surface area contributed by atoms with Crippen LogP contribution in [0.25, 0.3) is 0 Å². The average molecular weight is 410 g/mol. The Kier molecular flexibility index (Phi) is 7.26. The zero-order valence-electron chi connectivity index (χ0n) is 16.9. The molecule has 0 radical (unpaired) electrons. The number of esters is 1. The smallest absolute Gasteiger partial charge is 0.307 e. The van der Waals surface area contributed by atoms with Crippen molar-refractivity contribution >= 4 is 16.0 Å². The first-order valence-electron chi connectivity index (χ1n) is 9.05. The third kappa shape index (κ3) is 4.74. The summed E-state index contributed by atoms with van der Waals surface area (Å²) < 4.78 is 43.9. The van der Waals surface area contributed by atoms with E-state index >= 15 is 0 Å². The van der Waals surface area contributed by atoms with E-state index in [4.69, 9.17) is 13.9 Å². The third-order valence-corrected chi connectivity index (χ3v) is 6.71. The van der Waals surface area contributed by atoms with Gasteiger partial charge in [0.05, 0.1) is 37.8 Å². The van der Waals surface area contributed by atoms with Gasteiger partial charge in [0, 0.05) is 6.54 Å². The van der Waals surface area contributed by atoms with Crippen molar-refractivity contribution in [1.29, 1.82) is 0 Å². The van der Waals surface area contributed by atoms with E-state index in [1.807, 2.05) is 6.92 Å². The van der Waals surface area contributed by atoms with E-state index in [9.17, 15) is 13.2 Å².